The summed E-state index contributed by atoms with van der Waals surface area (Å²) in [5.41, 5.74) is 2.57. The van der Waals surface area contributed by atoms with Crippen molar-refractivity contribution in [2.75, 3.05) is 0 Å². The van der Waals surface area contributed by atoms with Crippen LogP contribution in [0.2, 0.25) is 0 Å². The minimum atomic E-state index is -0.725. The predicted molar refractivity (Wildman–Crippen MR) is 101 cm³/mol. The Balaban J connectivity index is 1.64. The summed E-state index contributed by atoms with van der Waals surface area (Å²) in [7, 11) is 0. The van der Waals surface area contributed by atoms with Gasteiger partial charge >= 0.3 is 5.69 Å². The standard InChI is InChI=1S/C16H12BrN7O4/c17-12-6-11(15(26)13(7-12)24(27)28)8-18-19-14(25)9-23-21-16(20-22-23)10-4-2-1-3-5-10/h1-8,26H,9H2,(H,19,25)/b18-8+. The van der Waals surface area contributed by atoms with Crippen LogP contribution in [0.3, 0.4) is 0 Å². The zero-order chi connectivity index (χ0) is 20.1. The largest absolute Gasteiger partial charge is 0.502 e. The van der Waals surface area contributed by atoms with Gasteiger partial charge in [0.05, 0.1) is 11.1 Å². The summed E-state index contributed by atoms with van der Waals surface area (Å²) in [6, 6.07) is 11.7. The van der Waals surface area contributed by atoms with Crippen molar-refractivity contribution >= 4 is 33.7 Å². The van der Waals surface area contributed by atoms with Crippen molar-refractivity contribution in [2.24, 2.45) is 5.10 Å². The number of carbonyl (C=O) groups is 1. The highest BCUT2D eigenvalue weighted by Crippen LogP contribution is 2.32. The Kier molecular flexibility index (Phi) is 5.69. The van der Waals surface area contributed by atoms with Crippen molar-refractivity contribution in [1.29, 1.82) is 0 Å². The monoisotopic (exact) mass is 445 g/mol. The fourth-order valence-electron chi connectivity index (χ4n) is 2.19. The minimum Gasteiger partial charge on any atom is -0.502 e. The second-order valence-corrected chi connectivity index (χ2v) is 6.34. The highest BCUT2D eigenvalue weighted by molar-refractivity contribution is 9.10. The van der Waals surface area contributed by atoms with Crippen molar-refractivity contribution in [2.45, 2.75) is 6.54 Å². The van der Waals surface area contributed by atoms with E-state index in [1.165, 1.54) is 6.07 Å². The number of carbonyl (C=O) groups excluding carboxylic acids is 1. The highest BCUT2D eigenvalue weighted by atomic mass is 79.9. The second-order valence-electron chi connectivity index (χ2n) is 5.42. The number of benzene rings is 2. The first-order valence-electron chi connectivity index (χ1n) is 7.76. The number of aromatic hydroxyl groups is 1. The number of aromatic nitrogens is 4. The van der Waals surface area contributed by atoms with Crippen LogP contribution in [-0.4, -0.2) is 42.4 Å². The first kappa shape index (κ1) is 19.1. The van der Waals surface area contributed by atoms with E-state index in [4.69, 9.17) is 0 Å². The van der Waals surface area contributed by atoms with Crippen molar-refractivity contribution in [3.63, 3.8) is 0 Å². The molecule has 0 aliphatic rings. The first-order valence-corrected chi connectivity index (χ1v) is 8.55. The van der Waals surface area contributed by atoms with Gasteiger partial charge in [-0.1, -0.05) is 46.3 Å². The number of hydrogen-bond acceptors (Lipinski definition) is 8. The highest BCUT2D eigenvalue weighted by Gasteiger charge is 2.17. The van der Waals surface area contributed by atoms with E-state index in [0.29, 0.717) is 10.3 Å². The molecular weight excluding hydrogens is 434 g/mol. The number of amides is 1. The Bertz CT molecular complexity index is 1050. The fraction of sp³-hybridized carbons (Fsp3) is 0.0625. The number of nitrogens with one attached hydrogen (secondary N) is 1. The molecule has 0 radical (unpaired) electrons. The summed E-state index contributed by atoms with van der Waals surface area (Å²) in [6.45, 7) is -0.234. The van der Waals surface area contributed by atoms with E-state index >= 15 is 0 Å². The normalized spacial score (nSPS) is 10.9. The molecule has 1 heterocycles. The van der Waals surface area contributed by atoms with Gasteiger partial charge in [-0.2, -0.15) is 9.90 Å². The molecule has 142 valence electrons. The zero-order valence-electron chi connectivity index (χ0n) is 14.1. The molecule has 11 nitrogen and oxygen atoms in total. The van der Waals surface area contributed by atoms with Crippen LogP contribution in [0.25, 0.3) is 11.4 Å². The molecule has 0 atom stereocenters. The Labute approximate surface area is 166 Å². The third-order valence-corrected chi connectivity index (χ3v) is 3.90. The zero-order valence-corrected chi connectivity index (χ0v) is 15.6. The maximum Gasteiger partial charge on any atom is 0.312 e. The van der Waals surface area contributed by atoms with E-state index in [2.05, 4.69) is 41.9 Å². The smallest absolute Gasteiger partial charge is 0.312 e. The fourth-order valence-corrected chi connectivity index (χ4v) is 2.66. The molecule has 0 saturated carbocycles. The quantitative estimate of drug-likeness (QED) is 0.334. The first-order chi connectivity index (χ1) is 13.4. The van der Waals surface area contributed by atoms with Crippen molar-refractivity contribution in [3.8, 4) is 17.1 Å². The predicted octanol–water partition coefficient (Wildman–Crippen LogP) is 1.87. The molecule has 0 aliphatic heterocycles. The van der Waals surface area contributed by atoms with E-state index in [-0.39, 0.29) is 12.1 Å². The SMILES string of the molecule is O=C(Cn1nnc(-c2ccccc2)n1)N/N=C/c1cc(Br)cc([N+](=O)[O-])c1O. The Morgan fingerprint density at radius 3 is 2.82 bits per heavy atom. The topological polar surface area (TPSA) is 148 Å². The van der Waals surface area contributed by atoms with Gasteiger partial charge in [-0.25, -0.2) is 5.43 Å². The Hall–Kier alpha value is -3.67. The molecule has 2 N–H and O–H groups in total. The molecule has 1 aromatic heterocycles. The minimum absolute atomic E-state index is 0.0617. The van der Waals surface area contributed by atoms with Crippen LogP contribution in [0.5, 0.6) is 5.75 Å². The molecular formula is C16H12BrN7O4. The number of nitro benzene ring substituents is 1. The summed E-state index contributed by atoms with van der Waals surface area (Å²) in [5.74, 6) is -0.725. The van der Waals surface area contributed by atoms with Crippen LogP contribution in [0.1, 0.15) is 5.56 Å². The number of hydrazone groups is 1. The third-order valence-electron chi connectivity index (χ3n) is 3.44. The average molecular weight is 446 g/mol. The molecule has 0 saturated heterocycles. The number of hydrogen-bond donors (Lipinski definition) is 2. The Morgan fingerprint density at radius 2 is 2.11 bits per heavy atom. The number of nitro groups is 1. The number of phenolic OH excluding ortho intramolecular Hbond substituents is 1. The van der Waals surface area contributed by atoms with Gasteiger partial charge in [0, 0.05) is 21.7 Å². The lowest BCUT2D eigenvalue weighted by Gasteiger charge is -2.02. The van der Waals surface area contributed by atoms with E-state index in [1.807, 2.05) is 30.3 Å². The second kappa shape index (κ2) is 8.35. The lowest BCUT2D eigenvalue weighted by molar-refractivity contribution is -0.385. The average Bonchev–Trinajstić information content (AvgIpc) is 3.13. The van der Waals surface area contributed by atoms with E-state index < -0.39 is 22.3 Å². The molecule has 0 fully saturated rings. The van der Waals surface area contributed by atoms with Crippen LogP contribution in [0.15, 0.2) is 52.0 Å². The van der Waals surface area contributed by atoms with Crippen LogP contribution in [0.4, 0.5) is 5.69 Å². The van der Waals surface area contributed by atoms with Crippen molar-refractivity contribution < 1.29 is 14.8 Å². The lowest BCUT2D eigenvalue weighted by atomic mass is 10.2. The number of tetrazole rings is 1. The molecule has 1 amide bonds. The summed E-state index contributed by atoms with van der Waals surface area (Å²) in [5, 5.41) is 36.3. The lowest BCUT2D eigenvalue weighted by Crippen LogP contribution is -2.24. The van der Waals surface area contributed by atoms with Gasteiger partial charge in [0.15, 0.2) is 0 Å². The molecule has 3 aromatic rings. The summed E-state index contributed by atoms with van der Waals surface area (Å²) in [6.07, 6.45) is 1.09. The van der Waals surface area contributed by atoms with E-state index in [0.717, 1.165) is 22.6 Å². The van der Waals surface area contributed by atoms with E-state index in [1.54, 1.807) is 0 Å². The van der Waals surface area contributed by atoms with E-state index in [9.17, 15) is 20.0 Å². The maximum absolute atomic E-state index is 11.9. The molecule has 12 heteroatoms. The van der Waals surface area contributed by atoms with Crippen LogP contribution in [0, 0.1) is 10.1 Å². The molecule has 2 aromatic carbocycles. The van der Waals surface area contributed by atoms with Crippen LogP contribution < -0.4 is 5.43 Å². The summed E-state index contributed by atoms with van der Waals surface area (Å²) < 4.78 is 0.380. The molecule has 0 aliphatic carbocycles. The molecule has 0 unspecified atom stereocenters. The summed E-state index contributed by atoms with van der Waals surface area (Å²) >= 11 is 3.11. The number of rotatable bonds is 6. The van der Waals surface area contributed by atoms with Gasteiger partial charge in [0.25, 0.3) is 5.91 Å². The van der Waals surface area contributed by atoms with Crippen LogP contribution >= 0.6 is 15.9 Å². The third kappa shape index (κ3) is 4.54. The molecule has 0 bridgehead atoms. The van der Waals surface area contributed by atoms with Crippen LogP contribution in [-0.2, 0) is 11.3 Å². The molecule has 28 heavy (non-hydrogen) atoms. The van der Waals surface area contributed by atoms with Gasteiger partial charge in [0.1, 0.15) is 6.54 Å². The van der Waals surface area contributed by atoms with Gasteiger partial charge in [-0.15, -0.1) is 10.2 Å². The number of nitrogens with zero attached hydrogens (tertiary/aromatic N) is 6. The Morgan fingerprint density at radius 1 is 1.36 bits per heavy atom. The van der Waals surface area contributed by atoms with Gasteiger partial charge in [-0.3, -0.25) is 14.9 Å². The maximum atomic E-state index is 11.9. The van der Waals surface area contributed by atoms with Gasteiger partial charge < -0.3 is 5.11 Å². The summed E-state index contributed by atoms with van der Waals surface area (Å²) in [4.78, 5) is 23.2. The molecule has 3 rings (SSSR count). The van der Waals surface area contributed by atoms with Gasteiger partial charge in [-0.05, 0) is 11.3 Å². The molecule has 0 spiro atoms. The van der Waals surface area contributed by atoms with Crippen molar-refractivity contribution in [3.05, 3.63) is 62.6 Å². The number of phenols is 1. The van der Waals surface area contributed by atoms with Gasteiger partial charge in [0.2, 0.25) is 11.6 Å². The number of halogens is 1. The van der Waals surface area contributed by atoms with Crippen molar-refractivity contribution in [1.82, 2.24) is 25.6 Å².